The maximum Gasteiger partial charge on any atom is 0.278 e. The van der Waals surface area contributed by atoms with Gasteiger partial charge in [-0.05, 0) is 6.42 Å². The molecule has 0 aromatic rings. The van der Waals surface area contributed by atoms with Crippen molar-refractivity contribution in [2.24, 2.45) is 0 Å². The normalized spacial score (nSPS) is 23.0. The molecule has 0 bridgehead atoms. The van der Waals surface area contributed by atoms with Gasteiger partial charge in [0.25, 0.3) is 10.2 Å². The molecule has 9 nitrogen and oxygen atoms in total. The van der Waals surface area contributed by atoms with Crippen LogP contribution >= 0.6 is 0 Å². The number of hydrogen-bond donors (Lipinski definition) is 1. The molecule has 126 valence electrons. The van der Waals surface area contributed by atoms with Crippen molar-refractivity contribution in [2.75, 3.05) is 44.9 Å². The maximum atomic E-state index is 11.8. The molecule has 0 saturated carbocycles. The number of hydrogen-bond acceptors (Lipinski definition) is 6. The van der Waals surface area contributed by atoms with Gasteiger partial charge in [0.1, 0.15) is 0 Å². The molecule has 1 atom stereocenters. The zero-order valence-corrected chi connectivity index (χ0v) is 14.6. The first-order valence-corrected chi connectivity index (χ1v) is 11.3. The van der Waals surface area contributed by atoms with Crippen molar-refractivity contribution < 1.29 is 25.3 Å². The van der Waals surface area contributed by atoms with Gasteiger partial charge in [0.2, 0.25) is 10.0 Å². The Labute approximate surface area is 126 Å². The molecule has 21 heavy (non-hydrogen) atoms. The number of sulfonamides is 1. The minimum atomic E-state index is -3.64. The summed E-state index contributed by atoms with van der Waals surface area (Å²) in [5.41, 5.74) is 0. The maximum absolute atomic E-state index is 11.8. The first-order chi connectivity index (χ1) is 9.35. The SMILES string of the molecule is CN(C)S(=O)(=O)NCCN(C1CCS(=O)(=O)C1)S(C)(=O)=O. The van der Waals surface area contributed by atoms with Gasteiger partial charge in [-0.3, -0.25) is 0 Å². The molecule has 0 aromatic heterocycles. The third-order valence-corrected chi connectivity index (χ3v) is 7.75. The van der Waals surface area contributed by atoms with Crippen molar-refractivity contribution in [1.29, 1.82) is 0 Å². The number of rotatable bonds is 7. The molecule has 0 radical (unpaired) electrons. The fourth-order valence-corrected chi connectivity index (χ4v) is 5.61. The zero-order valence-electron chi connectivity index (χ0n) is 12.2. The van der Waals surface area contributed by atoms with Gasteiger partial charge < -0.3 is 0 Å². The first kappa shape index (κ1) is 18.8. The highest BCUT2D eigenvalue weighted by atomic mass is 32.2. The van der Waals surface area contributed by atoms with Crippen molar-refractivity contribution in [3.05, 3.63) is 0 Å². The lowest BCUT2D eigenvalue weighted by Crippen LogP contribution is -2.46. The lowest BCUT2D eigenvalue weighted by atomic mass is 10.2. The monoisotopic (exact) mass is 363 g/mol. The summed E-state index contributed by atoms with van der Waals surface area (Å²) in [4.78, 5) is 0. The van der Waals surface area contributed by atoms with Crippen LogP contribution in [0.2, 0.25) is 0 Å². The largest absolute Gasteiger partial charge is 0.278 e. The number of sulfone groups is 1. The van der Waals surface area contributed by atoms with E-state index in [9.17, 15) is 25.3 Å². The number of nitrogens with zero attached hydrogens (tertiary/aromatic N) is 2. The van der Waals surface area contributed by atoms with Crippen LogP contribution in [0.1, 0.15) is 6.42 Å². The van der Waals surface area contributed by atoms with Crippen molar-refractivity contribution in [3.8, 4) is 0 Å². The average molecular weight is 363 g/mol. The van der Waals surface area contributed by atoms with E-state index in [1.165, 1.54) is 14.1 Å². The Morgan fingerprint density at radius 2 is 1.76 bits per heavy atom. The van der Waals surface area contributed by atoms with Crippen molar-refractivity contribution >= 4 is 30.1 Å². The quantitative estimate of drug-likeness (QED) is 0.549. The Bertz CT molecular complexity index is 668. The van der Waals surface area contributed by atoms with Gasteiger partial charge in [0.05, 0.1) is 17.8 Å². The predicted molar refractivity (Wildman–Crippen MR) is 79.2 cm³/mol. The lowest BCUT2D eigenvalue weighted by molar-refractivity contribution is 0.345. The zero-order chi connectivity index (χ0) is 16.5. The van der Waals surface area contributed by atoms with Crippen molar-refractivity contribution in [3.63, 3.8) is 0 Å². The van der Waals surface area contributed by atoms with Gasteiger partial charge in [-0.1, -0.05) is 0 Å². The fourth-order valence-electron chi connectivity index (χ4n) is 2.04. The third-order valence-electron chi connectivity index (χ3n) is 3.14. The van der Waals surface area contributed by atoms with E-state index in [1.807, 2.05) is 0 Å². The molecule has 0 aliphatic carbocycles. The highest BCUT2D eigenvalue weighted by molar-refractivity contribution is 7.92. The molecular formula is C9H21N3O6S3. The summed E-state index contributed by atoms with van der Waals surface area (Å²) in [6, 6.07) is -0.631. The average Bonchev–Trinajstić information content (AvgIpc) is 2.62. The van der Waals surface area contributed by atoms with E-state index >= 15 is 0 Å². The Hall–Kier alpha value is -0.270. The summed E-state index contributed by atoms with van der Waals surface area (Å²) in [5, 5.41) is 0. The van der Waals surface area contributed by atoms with Crippen LogP contribution in [-0.4, -0.2) is 84.9 Å². The van der Waals surface area contributed by atoms with Crippen LogP contribution < -0.4 is 4.72 Å². The topological polar surface area (TPSA) is 121 Å². The Morgan fingerprint density at radius 3 is 2.14 bits per heavy atom. The molecule has 1 aliphatic rings. The summed E-state index contributed by atoms with van der Waals surface area (Å²) in [6.07, 6.45) is 1.22. The lowest BCUT2D eigenvalue weighted by Gasteiger charge is -2.25. The van der Waals surface area contributed by atoms with E-state index in [4.69, 9.17) is 0 Å². The van der Waals surface area contributed by atoms with Crippen LogP contribution in [0.3, 0.4) is 0 Å². The van der Waals surface area contributed by atoms with E-state index in [0.29, 0.717) is 0 Å². The van der Waals surface area contributed by atoms with Gasteiger partial charge in [-0.15, -0.1) is 0 Å². The van der Waals surface area contributed by atoms with Crippen molar-refractivity contribution in [1.82, 2.24) is 13.3 Å². The number of nitrogens with one attached hydrogen (secondary N) is 1. The van der Waals surface area contributed by atoms with E-state index in [2.05, 4.69) is 4.72 Å². The van der Waals surface area contributed by atoms with Crippen LogP contribution in [0.4, 0.5) is 0 Å². The third kappa shape index (κ3) is 5.45. The Balaban J connectivity index is 2.75. The Morgan fingerprint density at radius 1 is 1.19 bits per heavy atom. The molecule has 1 aliphatic heterocycles. The second-order valence-electron chi connectivity index (χ2n) is 5.11. The molecule has 0 spiro atoms. The molecular weight excluding hydrogens is 342 g/mol. The smallest absolute Gasteiger partial charge is 0.229 e. The molecule has 12 heteroatoms. The van der Waals surface area contributed by atoms with Gasteiger partial charge in [-0.2, -0.15) is 17.0 Å². The summed E-state index contributed by atoms with van der Waals surface area (Å²) in [6.45, 7) is -0.226. The van der Waals surface area contributed by atoms with Gasteiger partial charge in [-0.25, -0.2) is 21.6 Å². The van der Waals surface area contributed by atoms with Crippen LogP contribution in [0, 0.1) is 0 Å². The summed E-state index contributed by atoms with van der Waals surface area (Å²) >= 11 is 0. The minimum Gasteiger partial charge on any atom is -0.229 e. The summed E-state index contributed by atoms with van der Waals surface area (Å²) < 4.78 is 73.8. The van der Waals surface area contributed by atoms with Crippen LogP contribution in [0.5, 0.6) is 0 Å². The minimum absolute atomic E-state index is 0.0485. The first-order valence-electron chi connectivity index (χ1n) is 6.19. The second kappa shape index (κ2) is 6.46. The molecule has 1 fully saturated rings. The van der Waals surface area contributed by atoms with Gasteiger partial charge in [0, 0.05) is 33.2 Å². The highest BCUT2D eigenvalue weighted by Gasteiger charge is 2.36. The predicted octanol–water partition coefficient (Wildman–Crippen LogP) is -2.17. The molecule has 1 heterocycles. The molecule has 1 N–H and O–H groups in total. The van der Waals surface area contributed by atoms with E-state index in [0.717, 1.165) is 14.9 Å². The van der Waals surface area contributed by atoms with E-state index < -0.39 is 36.1 Å². The van der Waals surface area contributed by atoms with Crippen LogP contribution in [-0.2, 0) is 30.1 Å². The molecule has 0 aromatic carbocycles. The molecule has 1 rings (SSSR count). The summed E-state index contributed by atoms with van der Waals surface area (Å²) in [7, 11) is -7.78. The van der Waals surface area contributed by atoms with E-state index in [1.54, 1.807) is 0 Å². The highest BCUT2D eigenvalue weighted by Crippen LogP contribution is 2.19. The summed E-state index contributed by atoms with van der Waals surface area (Å²) in [5.74, 6) is -0.270. The van der Waals surface area contributed by atoms with Gasteiger partial charge in [0.15, 0.2) is 9.84 Å². The van der Waals surface area contributed by atoms with Crippen LogP contribution in [0.15, 0.2) is 0 Å². The molecule has 0 amide bonds. The Kier molecular flexibility index (Phi) is 5.78. The van der Waals surface area contributed by atoms with E-state index in [-0.39, 0.29) is 31.0 Å². The second-order valence-corrected chi connectivity index (χ2v) is 11.2. The standard InChI is InChI=1S/C9H21N3O6S3/c1-11(2)21(17,18)10-5-6-12(19(3,13)14)9-4-7-20(15,16)8-9/h9-10H,4-8H2,1-3H3. The van der Waals surface area contributed by atoms with Crippen molar-refractivity contribution in [2.45, 2.75) is 12.5 Å². The van der Waals surface area contributed by atoms with Gasteiger partial charge >= 0.3 is 0 Å². The van der Waals surface area contributed by atoms with Crippen LogP contribution in [0.25, 0.3) is 0 Å². The fraction of sp³-hybridized carbons (Fsp3) is 1.00. The molecule has 1 saturated heterocycles. The molecule has 1 unspecified atom stereocenters.